The van der Waals surface area contributed by atoms with E-state index in [1.807, 2.05) is 0 Å². The number of hydrogen-bond donors (Lipinski definition) is 2. The number of β-amino-alcohol motifs (C(OH)–C–C–N with tert-alkyl or cyclic N) is 1. The predicted octanol–water partition coefficient (Wildman–Crippen LogP) is 2.84. The molecule has 0 radical (unpaired) electrons. The molecular weight excluding hydrogens is 357 g/mol. The molecule has 0 unspecified atom stereocenters. The summed E-state index contributed by atoms with van der Waals surface area (Å²) in [5.74, 6) is -1.83. The van der Waals surface area contributed by atoms with Gasteiger partial charge in [-0.2, -0.15) is 0 Å². The average molecular weight is 378 g/mol. The van der Waals surface area contributed by atoms with E-state index in [4.69, 9.17) is 0 Å². The molecule has 1 aliphatic rings. The summed E-state index contributed by atoms with van der Waals surface area (Å²) in [5, 5.41) is 12.6. The summed E-state index contributed by atoms with van der Waals surface area (Å²) >= 11 is 0. The number of halogens is 3. The van der Waals surface area contributed by atoms with Gasteiger partial charge in [-0.3, -0.25) is 9.69 Å². The number of rotatable bonds is 5. The molecule has 144 valence electrons. The molecule has 1 amide bonds. The van der Waals surface area contributed by atoms with Crippen LogP contribution in [-0.4, -0.2) is 35.1 Å². The highest BCUT2D eigenvalue weighted by molar-refractivity contribution is 5.78. The lowest BCUT2D eigenvalue weighted by molar-refractivity contribution is -0.122. The zero-order valence-corrected chi connectivity index (χ0v) is 14.9. The van der Waals surface area contributed by atoms with Gasteiger partial charge in [-0.15, -0.1) is 0 Å². The normalized spacial score (nSPS) is 20.0. The van der Waals surface area contributed by atoms with Gasteiger partial charge in [0.25, 0.3) is 0 Å². The Kier molecular flexibility index (Phi) is 5.82. The smallest absolute Gasteiger partial charge is 0.234 e. The van der Waals surface area contributed by atoms with Gasteiger partial charge < -0.3 is 10.4 Å². The molecule has 0 aliphatic carbocycles. The molecule has 1 heterocycles. The Morgan fingerprint density at radius 1 is 1.19 bits per heavy atom. The number of likely N-dealkylation sites (tertiary alicyclic amines) is 1. The number of nitrogens with zero attached hydrogens (tertiary/aromatic N) is 1. The van der Waals surface area contributed by atoms with Crippen molar-refractivity contribution < 1.29 is 23.1 Å². The van der Waals surface area contributed by atoms with Crippen molar-refractivity contribution >= 4 is 5.91 Å². The van der Waals surface area contributed by atoms with Gasteiger partial charge in [0.2, 0.25) is 5.91 Å². The van der Waals surface area contributed by atoms with Crippen LogP contribution in [0.25, 0.3) is 0 Å². The number of amides is 1. The third-order valence-electron chi connectivity index (χ3n) is 4.77. The summed E-state index contributed by atoms with van der Waals surface area (Å²) in [7, 11) is 0. The first kappa shape index (κ1) is 19.4. The Balaban J connectivity index is 1.64. The summed E-state index contributed by atoms with van der Waals surface area (Å²) < 4.78 is 41.2. The van der Waals surface area contributed by atoms with Crippen molar-refractivity contribution in [3.8, 4) is 0 Å². The van der Waals surface area contributed by atoms with Gasteiger partial charge in [0.1, 0.15) is 17.5 Å². The molecule has 1 fully saturated rings. The molecule has 0 bridgehead atoms. The highest BCUT2D eigenvalue weighted by Crippen LogP contribution is 2.33. The van der Waals surface area contributed by atoms with Gasteiger partial charge >= 0.3 is 0 Å². The van der Waals surface area contributed by atoms with Crippen LogP contribution in [0, 0.1) is 24.4 Å². The fourth-order valence-electron chi connectivity index (χ4n) is 3.33. The first-order valence-corrected chi connectivity index (χ1v) is 8.72. The lowest BCUT2D eigenvalue weighted by Gasteiger charge is -2.24. The Labute approximate surface area is 155 Å². The van der Waals surface area contributed by atoms with Crippen LogP contribution in [-0.2, 0) is 11.3 Å². The SMILES string of the molecule is Cc1ccc(CNC(=O)CN2C[C@@H](O)C[C@H]2c2cc(F)ccc2F)cc1F. The van der Waals surface area contributed by atoms with Crippen LogP contribution >= 0.6 is 0 Å². The second-order valence-electron chi connectivity index (χ2n) is 6.86. The molecule has 3 rings (SSSR count). The van der Waals surface area contributed by atoms with Crippen LogP contribution in [0.2, 0.25) is 0 Å². The predicted molar refractivity (Wildman–Crippen MR) is 94.3 cm³/mol. The molecule has 2 aromatic rings. The van der Waals surface area contributed by atoms with E-state index in [0.717, 1.165) is 18.2 Å². The Morgan fingerprint density at radius 2 is 1.96 bits per heavy atom. The molecule has 27 heavy (non-hydrogen) atoms. The van der Waals surface area contributed by atoms with E-state index in [0.29, 0.717) is 11.1 Å². The van der Waals surface area contributed by atoms with E-state index in [1.54, 1.807) is 24.0 Å². The monoisotopic (exact) mass is 378 g/mol. The number of aryl methyl sites for hydroxylation is 1. The number of benzene rings is 2. The summed E-state index contributed by atoms with van der Waals surface area (Å²) in [6.07, 6.45) is -0.506. The molecule has 1 aliphatic heterocycles. The number of carbonyl (C=O) groups is 1. The van der Waals surface area contributed by atoms with Crippen LogP contribution in [0.15, 0.2) is 36.4 Å². The summed E-state index contributed by atoms with van der Waals surface area (Å²) in [4.78, 5) is 13.9. The molecule has 2 N–H and O–H groups in total. The zero-order valence-electron chi connectivity index (χ0n) is 14.9. The number of hydrogen-bond acceptors (Lipinski definition) is 3. The molecule has 0 spiro atoms. The number of aliphatic hydroxyl groups excluding tert-OH is 1. The largest absolute Gasteiger partial charge is 0.392 e. The van der Waals surface area contributed by atoms with Gasteiger partial charge in [-0.25, -0.2) is 13.2 Å². The molecule has 2 atom stereocenters. The van der Waals surface area contributed by atoms with Crippen LogP contribution in [0.4, 0.5) is 13.2 Å². The van der Waals surface area contributed by atoms with E-state index in [9.17, 15) is 23.1 Å². The zero-order chi connectivity index (χ0) is 19.6. The molecular formula is C20H21F3N2O2. The molecule has 7 heteroatoms. The minimum Gasteiger partial charge on any atom is -0.392 e. The van der Waals surface area contributed by atoms with Crippen LogP contribution in [0.3, 0.4) is 0 Å². The summed E-state index contributed by atoms with van der Waals surface area (Å²) in [6, 6.07) is 7.30. The fraction of sp³-hybridized carbons (Fsp3) is 0.350. The highest BCUT2D eigenvalue weighted by atomic mass is 19.1. The third kappa shape index (κ3) is 4.67. The lowest BCUT2D eigenvalue weighted by Crippen LogP contribution is -2.37. The molecule has 0 saturated carbocycles. The van der Waals surface area contributed by atoms with Crippen molar-refractivity contribution in [3.63, 3.8) is 0 Å². The van der Waals surface area contributed by atoms with Crippen LogP contribution < -0.4 is 5.32 Å². The first-order valence-electron chi connectivity index (χ1n) is 8.72. The number of aliphatic hydroxyl groups is 1. The average Bonchev–Trinajstić information content (AvgIpc) is 2.98. The Morgan fingerprint density at radius 3 is 2.70 bits per heavy atom. The summed E-state index contributed by atoms with van der Waals surface area (Å²) in [5.41, 5.74) is 1.27. The van der Waals surface area contributed by atoms with E-state index in [-0.39, 0.29) is 43.3 Å². The van der Waals surface area contributed by atoms with Crippen molar-refractivity contribution in [1.29, 1.82) is 0 Å². The van der Waals surface area contributed by atoms with Crippen molar-refractivity contribution in [3.05, 3.63) is 70.5 Å². The van der Waals surface area contributed by atoms with Gasteiger partial charge in [0, 0.05) is 24.7 Å². The minimum absolute atomic E-state index is 0.0774. The van der Waals surface area contributed by atoms with Crippen molar-refractivity contribution in [2.75, 3.05) is 13.1 Å². The second kappa shape index (κ2) is 8.10. The van der Waals surface area contributed by atoms with Crippen LogP contribution in [0.5, 0.6) is 0 Å². The molecule has 1 saturated heterocycles. The van der Waals surface area contributed by atoms with Crippen LogP contribution in [0.1, 0.15) is 29.2 Å². The van der Waals surface area contributed by atoms with Gasteiger partial charge in [-0.05, 0) is 48.7 Å². The van der Waals surface area contributed by atoms with E-state index < -0.39 is 23.8 Å². The lowest BCUT2D eigenvalue weighted by atomic mass is 10.0. The van der Waals surface area contributed by atoms with Gasteiger partial charge in [0.15, 0.2) is 0 Å². The van der Waals surface area contributed by atoms with Crippen molar-refractivity contribution in [2.45, 2.75) is 32.0 Å². The molecule has 2 aromatic carbocycles. The first-order chi connectivity index (χ1) is 12.8. The maximum absolute atomic E-state index is 14.1. The minimum atomic E-state index is -0.725. The second-order valence-corrected chi connectivity index (χ2v) is 6.86. The number of carbonyl (C=O) groups excluding carboxylic acids is 1. The van der Waals surface area contributed by atoms with Gasteiger partial charge in [0.05, 0.1) is 12.6 Å². The standard InChI is InChI=1S/C20H21F3N2O2/c1-12-2-3-13(6-18(12)23)9-24-20(27)11-25-10-15(26)8-19(25)16-7-14(21)4-5-17(16)22/h2-7,15,19,26H,8-11H2,1H3,(H,24,27)/t15-,19-/m0/s1. The fourth-order valence-corrected chi connectivity index (χ4v) is 3.33. The third-order valence-corrected chi connectivity index (χ3v) is 4.77. The van der Waals surface area contributed by atoms with E-state index >= 15 is 0 Å². The topological polar surface area (TPSA) is 52.6 Å². The quantitative estimate of drug-likeness (QED) is 0.841. The van der Waals surface area contributed by atoms with Crippen molar-refractivity contribution in [1.82, 2.24) is 10.2 Å². The molecule has 4 nitrogen and oxygen atoms in total. The maximum Gasteiger partial charge on any atom is 0.234 e. The van der Waals surface area contributed by atoms with Gasteiger partial charge in [-0.1, -0.05) is 12.1 Å². The Hall–Kier alpha value is -2.38. The Bertz CT molecular complexity index is 844. The number of nitrogens with one attached hydrogen (secondary N) is 1. The highest BCUT2D eigenvalue weighted by Gasteiger charge is 2.34. The van der Waals surface area contributed by atoms with Crippen molar-refractivity contribution in [2.24, 2.45) is 0 Å². The maximum atomic E-state index is 14.1. The summed E-state index contributed by atoms with van der Waals surface area (Å²) in [6.45, 7) is 1.92. The van der Waals surface area contributed by atoms with E-state index in [1.165, 1.54) is 6.07 Å². The molecule has 0 aromatic heterocycles. The van der Waals surface area contributed by atoms with E-state index in [2.05, 4.69) is 5.32 Å².